The van der Waals surface area contributed by atoms with Gasteiger partial charge in [-0.25, -0.2) is 8.78 Å². The third kappa shape index (κ3) is 2.19. The number of fused-ring (bicyclic) bond motifs is 1. The molecule has 2 heterocycles. The van der Waals surface area contributed by atoms with Crippen LogP contribution in [-0.2, 0) is 0 Å². The van der Waals surface area contributed by atoms with Gasteiger partial charge in [-0.1, -0.05) is 0 Å². The summed E-state index contributed by atoms with van der Waals surface area (Å²) in [6.07, 6.45) is 0. The summed E-state index contributed by atoms with van der Waals surface area (Å²) >= 11 is 0. The highest BCUT2D eigenvalue weighted by Crippen LogP contribution is 2.12. The number of nitrogens with two attached hydrogens (primary N) is 1. The van der Waals surface area contributed by atoms with Crippen molar-refractivity contribution in [2.45, 2.75) is 5.92 Å². The summed E-state index contributed by atoms with van der Waals surface area (Å²) in [7, 11) is 0. The van der Waals surface area contributed by atoms with E-state index in [2.05, 4.69) is 25.9 Å². The lowest BCUT2D eigenvalue weighted by molar-refractivity contribution is 0.0253. The number of hydrogen-bond donors (Lipinski definition) is 2. The Morgan fingerprint density at radius 1 is 1.44 bits per heavy atom. The zero-order valence-corrected chi connectivity index (χ0v) is 8.14. The van der Waals surface area contributed by atoms with Gasteiger partial charge < -0.3 is 11.1 Å². The molecule has 7 nitrogen and oxygen atoms in total. The summed E-state index contributed by atoms with van der Waals surface area (Å²) in [5, 5.41) is 16.9. The van der Waals surface area contributed by atoms with E-state index in [1.807, 2.05) is 0 Å². The number of rotatable bonds is 4. The molecule has 0 aliphatic heterocycles. The fourth-order valence-electron chi connectivity index (χ4n) is 1.04. The first-order valence-electron chi connectivity index (χ1n) is 4.48. The normalized spacial score (nSPS) is 11.9. The van der Waals surface area contributed by atoms with Crippen LogP contribution in [0.5, 0.6) is 0 Å². The van der Waals surface area contributed by atoms with Gasteiger partial charge in [0.2, 0.25) is 0 Å². The van der Waals surface area contributed by atoms with E-state index >= 15 is 0 Å². The first-order chi connectivity index (χ1) is 7.61. The Morgan fingerprint density at radius 2 is 2.25 bits per heavy atom. The maximum absolute atomic E-state index is 12.8. The van der Waals surface area contributed by atoms with E-state index in [0.29, 0.717) is 5.65 Å². The third-order valence-corrected chi connectivity index (χ3v) is 1.90. The second-order valence-electron chi connectivity index (χ2n) is 3.16. The van der Waals surface area contributed by atoms with Crippen LogP contribution >= 0.6 is 0 Å². The molecular weight excluding hydrogens is 220 g/mol. The van der Waals surface area contributed by atoms with E-state index in [-0.39, 0.29) is 5.82 Å². The zero-order chi connectivity index (χ0) is 11.6. The highest BCUT2D eigenvalue weighted by atomic mass is 19.3. The minimum atomic E-state index is -2.96. The molecule has 16 heavy (non-hydrogen) atoms. The van der Waals surface area contributed by atoms with E-state index in [0.717, 1.165) is 4.63 Å². The quantitative estimate of drug-likeness (QED) is 0.735. The fraction of sp³-hybridized carbons (Fsp3) is 0.429. The van der Waals surface area contributed by atoms with Crippen LogP contribution in [0.2, 0.25) is 0 Å². The molecule has 0 unspecified atom stereocenters. The van der Waals surface area contributed by atoms with Crippen LogP contribution in [0.1, 0.15) is 0 Å². The molecule has 2 aromatic heterocycles. The van der Waals surface area contributed by atoms with Crippen LogP contribution < -0.4 is 11.1 Å². The van der Waals surface area contributed by atoms with Gasteiger partial charge in [0.25, 0.3) is 5.92 Å². The molecule has 2 rings (SSSR count). The minimum Gasteiger partial charge on any atom is -0.362 e. The van der Waals surface area contributed by atoms with Gasteiger partial charge >= 0.3 is 0 Å². The smallest absolute Gasteiger partial charge is 0.276 e. The molecule has 0 aliphatic carbocycles. The number of anilines is 1. The fourth-order valence-corrected chi connectivity index (χ4v) is 1.04. The van der Waals surface area contributed by atoms with Gasteiger partial charge in [-0.2, -0.15) is 0 Å². The molecule has 86 valence electrons. The predicted octanol–water partition coefficient (Wildman–Crippen LogP) is -0.475. The summed E-state index contributed by atoms with van der Waals surface area (Å²) < 4.78 is 26.8. The van der Waals surface area contributed by atoms with Crippen molar-refractivity contribution in [1.29, 1.82) is 0 Å². The number of nitrogens with zero attached hydrogens (tertiary/aromatic N) is 5. The number of hydrogen-bond acceptors (Lipinski definition) is 6. The van der Waals surface area contributed by atoms with Crippen molar-refractivity contribution in [2.24, 2.45) is 5.73 Å². The van der Waals surface area contributed by atoms with Crippen molar-refractivity contribution in [3.63, 3.8) is 0 Å². The van der Waals surface area contributed by atoms with Crippen LogP contribution in [0.3, 0.4) is 0 Å². The Hall–Kier alpha value is -1.90. The molecular formula is C7H9F2N7. The second kappa shape index (κ2) is 3.93. The van der Waals surface area contributed by atoms with Gasteiger partial charge in [-0.15, -0.1) is 14.8 Å². The molecule has 0 atom stereocenters. The minimum absolute atomic E-state index is 0.257. The molecule has 0 spiro atoms. The summed E-state index contributed by atoms with van der Waals surface area (Å²) in [6.45, 7) is -1.29. The average molecular weight is 229 g/mol. The number of alkyl halides is 2. The number of aromatic nitrogens is 5. The van der Waals surface area contributed by atoms with Crippen LogP contribution in [0.25, 0.3) is 5.65 Å². The van der Waals surface area contributed by atoms with Gasteiger partial charge in [-0.3, -0.25) is 0 Å². The van der Waals surface area contributed by atoms with E-state index in [1.54, 1.807) is 6.07 Å². The van der Waals surface area contributed by atoms with E-state index in [1.165, 1.54) is 6.07 Å². The Labute approximate surface area is 88.6 Å². The summed E-state index contributed by atoms with van der Waals surface area (Å²) in [5.74, 6) is -2.70. The first kappa shape index (κ1) is 10.6. The predicted molar refractivity (Wildman–Crippen MR) is 51.1 cm³/mol. The van der Waals surface area contributed by atoms with Crippen molar-refractivity contribution in [2.75, 3.05) is 18.4 Å². The van der Waals surface area contributed by atoms with Gasteiger partial charge in [0, 0.05) is 0 Å². The van der Waals surface area contributed by atoms with Gasteiger partial charge in [0.15, 0.2) is 5.65 Å². The Balaban J connectivity index is 2.09. The topological polar surface area (TPSA) is 94.0 Å². The molecule has 0 fully saturated rings. The van der Waals surface area contributed by atoms with Gasteiger partial charge in [-0.05, 0) is 22.6 Å². The highest BCUT2D eigenvalue weighted by Gasteiger charge is 2.26. The Bertz CT molecular complexity index is 482. The monoisotopic (exact) mass is 229 g/mol. The van der Waals surface area contributed by atoms with Crippen molar-refractivity contribution >= 4 is 11.5 Å². The molecule has 9 heteroatoms. The molecule has 3 N–H and O–H groups in total. The Kier molecular flexibility index (Phi) is 2.60. The third-order valence-electron chi connectivity index (χ3n) is 1.90. The van der Waals surface area contributed by atoms with E-state index < -0.39 is 19.0 Å². The Morgan fingerprint density at radius 3 is 3.00 bits per heavy atom. The van der Waals surface area contributed by atoms with Crippen molar-refractivity contribution < 1.29 is 8.78 Å². The number of nitrogens with one attached hydrogen (secondary N) is 1. The zero-order valence-electron chi connectivity index (χ0n) is 8.14. The SMILES string of the molecule is NCC(F)(F)CNc1ccc2nnnn2n1. The van der Waals surface area contributed by atoms with Crippen LogP contribution in [0.15, 0.2) is 12.1 Å². The van der Waals surface area contributed by atoms with Crippen molar-refractivity contribution in [1.82, 2.24) is 25.3 Å². The number of tetrazole rings is 1. The average Bonchev–Trinajstić information content (AvgIpc) is 2.73. The van der Waals surface area contributed by atoms with Gasteiger partial charge in [0.1, 0.15) is 5.82 Å². The van der Waals surface area contributed by atoms with Crippen LogP contribution in [-0.4, -0.2) is 44.3 Å². The summed E-state index contributed by atoms with van der Waals surface area (Å²) in [4.78, 5) is 0. The second-order valence-corrected chi connectivity index (χ2v) is 3.16. The summed E-state index contributed by atoms with van der Waals surface area (Å²) in [6, 6.07) is 3.08. The lowest BCUT2D eigenvalue weighted by atomic mass is 10.3. The number of halogens is 2. The first-order valence-corrected chi connectivity index (χ1v) is 4.48. The lowest BCUT2D eigenvalue weighted by Gasteiger charge is -2.14. The van der Waals surface area contributed by atoms with Gasteiger partial charge in [0.05, 0.1) is 13.1 Å². The molecule has 0 radical (unpaired) electrons. The largest absolute Gasteiger partial charge is 0.362 e. The molecule has 0 bridgehead atoms. The molecule has 2 aromatic rings. The standard InChI is InChI=1S/C7H9F2N7/c8-7(9,3-10)4-11-5-1-2-6-12-14-15-16(6)13-5/h1-2H,3-4,10H2,(H,11,13). The van der Waals surface area contributed by atoms with E-state index in [4.69, 9.17) is 5.73 Å². The molecule has 0 saturated carbocycles. The highest BCUT2D eigenvalue weighted by molar-refractivity contribution is 5.42. The maximum atomic E-state index is 12.8. The maximum Gasteiger partial charge on any atom is 0.276 e. The van der Waals surface area contributed by atoms with Crippen molar-refractivity contribution in [3.8, 4) is 0 Å². The molecule has 0 aliphatic rings. The lowest BCUT2D eigenvalue weighted by Crippen LogP contribution is -2.35. The van der Waals surface area contributed by atoms with Crippen LogP contribution in [0.4, 0.5) is 14.6 Å². The van der Waals surface area contributed by atoms with Crippen LogP contribution in [0, 0.1) is 0 Å². The van der Waals surface area contributed by atoms with E-state index in [9.17, 15) is 8.78 Å². The van der Waals surface area contributed by atoms with Crippen molar-refractivity contribution in [3.05, 3.63) is 12.1 Å². The molecule has 0 saturated heterocycles. The molecule has 0 amide bonds. The summed E-state index contributed by atoms with van der Waals surface area (Å²) in [5.41, 5.74) is 5.34. The molecule has 0 aromatic carbocycles.